The SMILES string of the molecule is O=[N+]([O-])c1ccc(CNc2ccc(Br)nc2)s1. The van der Waals surface area contributed by atoms with Gasteiger partial charge in [-0.25, -0.2) is 4.98 Å². The van der Waals surface area contributed by atoms with Gasteiger partial charge < -0.3 is 5.32 Å². The Balaban J connectivity index is 1.97. The van der Waals surface area contributed by atoms with E-state index in [0.717, 1.165) is 15.2 Å². The molecule has 5 nitrogen and oxygen atoms in total. The maximum atomic E-state index is 10.5. The number of pyridine rings is 1. The molecule has 2 rings (SSSR count). The predicted molar refractivity (Wildman–Crippen MR) is 70.2 cm³/mol. The third kappa shape index (κ3) is 3.24. The van der Waals surface area contributed by atoms with Crippen molar-refractivity contribution < 1.29 is 4.92 Å². The van der Waals surface area contributed by atoms with Crippen molar-refractivity contribution in [1.29, 1.82) is 0 Å². The van der Waals surface area contributed by atoms with Gasteiger partial charge in [-0.3, -0.25) is 10.1 Å². The van der Waals surface area contributed by atoms with E-state index in [2.05, 4.69) is 26.2 Å². The summed E-state index contributed by atoms with van der Waals surface area (Å²) >= 11 is 4.42. The number of hydrogen-bond donors (Lipinski definition) is 1. The zero-order valence-electron chi connectivity index (χ0n) is 8.59. The van der Waals surface area contributed by atoms with Gasteiger partial charge in [0.15, 0.2) is 0 Å². The summed E-state index contributed by atoms with van der Waals surface area (Å²) in [6.45, 7) is 0.557. The Bertz CT molecular complexity index is 527. The Morgan fingerprint density at radius 2 is 2.24 bits per heavy atom. The van der Waals surface area contributed by atoms with Gasteiger partial charge in [0.2, 0.25) is 0 Å². The number of halogens is 1. The molecule has 88 valence electrons. The third-order valence-corrected chi connectivity index (χ3v) is 3.53. The molecule has 7 heteroatoms. The fraction of sp³-hybridized carbons (Fsp3) is 0.100. The smallest absolute Gasteiger partial charge is 0.324 e. The Morgan fingerprint density at radius 1 is 1.41 bits per heavy atom. The average Bonchev–Trinajstić information content (AvgIpc) is 2.77. The molecule has 0 unspecified atom stereocenters. The summed E-state index contributed by atoms with van der Waals surface area (Å²) in [5.74, 6) is 0. The van der Waals surface area contributed by atoms with E-state index in [1.165, 1.54) is 17.4 Å². The van der Waals surface area contributed by atoms with E-state index in [-0.39, 0.29) is 9.92 Å². The van der Waals surface area contributed by atoms with Crippen molar-refractivity contribution in [2.75, 3.05) is 5.32 Å². The van der Waals surface area contributed by atoms with Gasteiger partial charge in [-0.05, 0) is 34.1 Å². The quantitative estimate of drug-likeness (QED) is 0.533. The summed E-state index contributed by atoms with van der Waals surface area (Å²) in [5.41, 5.74) is 0.879. The fourth-order valence-electron chi connectivity index (χ4n) is 1.23. The second-order valence-electron chi connectivity index (χ2n) is 3.22. The van der Waals surface area contributed by atoms with Crippen LogP contribution in [0.5, 0.6) is 0 Å². The molecule has 0 saturated heterocycles. The second kappa shape index (κ2) is 5.24. The molecule has 0 bridgehead atoms. The summed E-state index contributed by atoms with van der Waals surface area (Å²) < 4.78 is 0.773. The van der Waals surface area contributed by atoms with Gasteiger partial charge in [0, 0.05) is 17.5 Å². The molecule has 0 amide bonds. The van der Waals surface area contributed by atoms with Gasteiger partial charge in [0.25, 0.3) is 0 Å². The average molecular weight is 314 g/mol. The minimum atomic E-state index is -0.380. The minimum absolute atomic E-state index is 0.163. The zero-order valence-corrected chi connectivity index (χ0v) is 11.0. The number of nitrogens with one attached hydrogen (secondary N) is 1. The Hall–Kier alpha value is -1.47. The number of nitro groups is 1. The monoisotopic (exact) mass is 313 g/mol. The van der Waals surface area contributed by atoms with Crippen LogP contribution in [-0.4, -0.2) is 9.91 Å². The lowest BCUT2D eigenvalue weighted by Gasteiger charge is -2.03. The van der Waals surface area contributed by atoms with Gasteiger partial charge in [0.1, 0.15) is 4.60 Å². The summed E-state index contributed by atoms with van der Waals surface area (Å²) in [4.78, 5) is 15.1. The maximum Gasteiger partial charge on any atom is 0.324 e. The van der Waals surface area contributed by atoms with Gasteiger partial charge in [0.05, 0.1) is 16.8 Å². The molecule has 0 fully saturated rings. The van der Waals surface area contributed by atoms with Crippen LogP contribution in [0.15, 0.2) is 35.1 Å². The van der Waals surface area contributed by atoms with Crippen molar-refractivity contribution >= 4 is 38.0 Å². The third-order valence-electron chi connectivity index (χ3n) is 2.02. The highest BCUT2D eigenvalue weighted by Crippen LogP contribution is 2.24. The van der Waals surface area contributed by atoms with Crippen molar-refractivity contribution in [3.63, 3.8) is 0 Å². The first-order valence-corrected chi connectivity index (χ1v) is 6.34. The van der Waals surface area contributed by atoms with Crippen LogP contribution in [0, 0.1) is 10.1 Å². The first kappa shape index (κ1) is 12.0. The molecule has 2 aromatic rings. The molecule has 0 radical (unpaired) electrons. The summed E-state index contributed by atoms with van der Waals surface area (Å²) in [6.07, 6.45) is 1.70. The molecule has 17 heavy (non-hydrogen) atoms. The van der Waals surface area contributed by atoms with Crippen molar-refractivity contribution in [3.05, 3.63) is 50.1 Å². The van der Waals surface area contributed by atoms with E-state index in [9.17, 15) is 10.1 Å². The van der Waals surface area contributed by atoms with E-state index >= 15 is 0 Å². The standard InChI is InChI=1S/C10H8BrN3O2S/c11-9-3-1-7(5-13-9)12-6-8-2-4-10(17-8)14(15)16/h1-5,12H,6H2. The molecule has 0 aliphatic rings. The first-order valence-electron chi connectivity index (χ1n) is 4.73. The van der Waals surface area contributed by atoms with Crippen LogP contribution in [0.25, 0.3) is 0 Å². The molecule has 0 saturated carbocycles. The lowest BCUT2D eigenvalue weighted by molar-refractivity contribution is -0.380. The molecule has 0 aliphatic heterocycles. The van der Waals surface area contributed by atoms with Crippen molar-refractivity contribution in [2.45, 2.75) is 6.54 Å². The number of hydrogen-bond acceptors (Lipinski definition) is 5. The topological polar surface area (TPSA) is 68.1 Å². The van der Waals surface area contributed by atoms with Gasteiger partial charge >= 0.3 is 5.00 Å². The molecule has 1 N–H and O–H groups in total. The van der Waals surface area contributed by atoms with E-state index in [1.54, 1.807) is 12.3 Å². The lowest BCUT2D eigenvalue weighted by atomic mass is 10.4. The van der Waals surface area contributed by atoms with Crippen LogP contribution in [0.1, 0.15) is 4.88 Å². The Labute approximate surface area is 110 Å². The van der Waals surface area contributed by atoms with Crippen LogP contribution in [0.2, 0.25) is 0 Å². The molecular formula is C10H8BrN3O2S. The second-order valence-corrected chi connectivity index (χ2v) is 5.18. The molecule has 0 aliphatic carbocycles. The van der Waals surface area contributed by atoms with Gasteiger partial charge in [-0.2, -0.15) is 0 Å². The minimum Gasteiger partial charge on any atom is -0.379 e. The number of nitrogens with zero attached hydrogens (tertiary/aromatic N) is 2. The van der Waals surface area contributed by atoms with Crippen LogP contribution < -0.4 is 5.32 Å². The van der Waals surface area contributed by atoms with Crippen LogP contribution in [0.3, 0.4) is 0 Å². The number of rotatable bonds is 4. The molecule has 0 aromatic carbocycles. The number of thiophene rings is 1. The molecule has 2 aromatic heterocycles. The van der Waals surface area contributed by atoms with Crippen molar-refractivity contribution in [2.24, 2.45) is 0 Å². The van der Waals surface area contributed by atoms with Crippen molar-refractivity contribution in [3.8, 4) is 0 Å². The normalized spacial score (nSPS) is 10.2. The Morgan fingerprint density at radius 3 is 2.82 bits per heavy atom. The van der Waals surface area contributed by atoms with Crippen LogP contribution in [-0.2, 0) is 6.54 Å². The first-order chi connectivity index (χ1) is 8.15. The molecular weight excluding hydrogens is 306 g/mol. The fourth-order valence-corrected chi connectivity index (χ4v) is 2.22. The summed E-state index contributed by atoms with van der Waals surface area (Å²) in [6, 6.07) is 6.99. The zero-order chi connectivity index (χ0) is 12.3. The molecule has 2 heterocycles. The van der Waals surface area contributed by atoms with Crippen molar-refractivity contribution in [1.82, 2.24) is 4.98 Å². The largest absolute Gasteiger partial charge is 0.379 e. The van der Waals surface area contributed by atoms with E-state index < -0.39 is 0 Å². The molecule has 0 spiro atoms. The summed E-state index contributed by atoms with van der Waals surface area (Å²) in [5, 5.41) is 13.8. The highest BCUT2D eigenvalue weighted by atomic mass is 79.9. The predicted octanol–water partition coefficient (Wildman–Crippen LogP) is 3.43. The van der Waals surface area contributed by atoms with E-state index in [4.69, 9.17) is 0 Å². The van der Waals surface area contributed by atoms with Gasteiger partial charge in [-0.1, -0.05) is 11.3 Å². The lowest BCUT2D eigenvalue weighted by Crippen LogP contribution is -1.97. The van der Waals surface area contributed by atoms with Crippen LogP contribution >= 0.6 is 27.3 Å². The Kier molecular flexibility index (Phi) is 3.70. The summed E-state index contributed by atoms with van der Waals surface area (Å²) in [7, 11) is 0. The highest BCUT2D eigenvalue weighted by Gasteiger charge is 2.09. The highest BCUT2D eigenvalue weighted by molar-refractivity contribution is 9.10. The number of anilines is 1. The maximum absolute atomic E-state index is 10.5. The van der Waals surface area contributed by atoms with Gasteiger partial charge in [-0.15, -0.1) is 0 Å². The molecule has 0 atom stereocenters. The van der Waals surface area contributed by atoms with E-state index in [1.807, 2.05) is 12.1 Å². The van der Waals surface area contributed by atoms with Crippen LogP contribution in [0.4, 0.5) is 10.7 Å². The van der Waals surface area contributed by atoms with E-state index in [0.29, 0.717) is 6.54 Å². The number of aromatic nitrogens is 1.